The van der Waals surface area contributed by atoms with E-state index in [2.05, 4.69) is 62.5 Å². The van der Waals surface area contributed by atoms with E-state index in [4.69, 9.17) is 18.5 Å². The fourth-order valence-corrected chi connectivity index (χ4v) is 9.24. The van der Waals surface area contributed by atoms with E-state index >= 15 is 0 Å². The maximum absolute atomic E-state index is 12.9. The van der Waals surface area contributed by atoms with Crippen molar-refractivity contribution >= 4 is 19.8 Å². The van der Waals surface area contributed by atoms with Crippen molar-refractivity contribution < 1.29 is 63.1 Å². The van der Waals surface area contributed by atoms with Crippen molar-refractivity contribution in [2.24, 2.45) is 0 Å². The fraction of sp³-hybridized carbons (Fsp3) is 0.786. The Kier molecular flexibility index (Phi) is 42.3. The lowest BCUT2D eigenvalue weighted by molar-refractivity contribution is -0.220. The number of allylic oxidation sites excluding steroid dienone is 10. The van der Waals surface area contributed by atoms with E-state index in [1.54, 1.807) is 0 Å². The van der Waals surface area contributed by atoms with Crippen molar-refractivity contribution in [3.05, 3.63) is 60.8 Å². The number of phosphoric acid groups is 1. The van der Waals surface area contributed by atoms with Gasteiger partial charge in [-0.25, -0.2) is 4.57 Å². The molecule has 0 spiro atoms. The van der Waals surface area contributed by atoms with E-state index in [1.165, 1.54) is 128 Å². The second kappa shape index (κ2) is 45.2. The molecule has 406 valence electrons. The third kappa shape index (κ3) is 36.5. The van der Waals surface area contributed by atoms with E-state index < -0.39 is 75.7 Å². The van der Waals surface area contributed by atoms with Crippen LogP contribution in [-0.4, -0.2) is 98.3 Å². The lowest BCUT2D eigenvalue weighted by Gasteiger charge is -2.41. The Labute approximate surface area is 423 Å². The second-order valence-electron chi connectivity index (χ2n) is 19.1. The highest BCUT2D eigenvalue weighted by atomic mass is 31.2. The first-order valence-electron chi connectivity index (χ1n) is 27.6. The van der Waals surface area contributed by atoms with Crippen molar-refractivity contribution in [1.82, 2.24) is 0 Å². The van der Waals surface area contributed by atoms with Crippen LogP contribution in [0.4, 0.5) is 0 Å². The third-order valence-corrected chi connectivity index (χ3v) is 13.6. The second-order valence-corrected chi connectivity index (χ2v) is 20.5. The number of esters is 2. The number of rotatable bonds is 46. The predicted molar refractivity (Wildman–Crippen MR) is 281 cm³/mol. The van der Waals surface area contributed by atoms with Gasteiger partial charge in [0.1, 0.15) is 43.2 Å². The van der Waals surface area contributed by atoms with E-state index in [-0.39, 0.29) is 12.8 Å². The van der Waals surface area contributed by atoms with Gasteiger partial charge in [0.2, 0.25) is 0 Å². The number of phosphoric ester groups is 1. The van der Waals surface area contributed by atoms with Crippen molar-refractivity contribution in [2.45, 2.75) is 268 Å². The molecule has 0 amide bonds. The SMILES string of the molecule is CC/C=C\C/C=C\C/C=C\C/C=C\C/C=C\CCCC(=O)OC(COC(=O)CCCCCCCCCCCCCCCCCCCCCCCCCC)COP(=O)(O)OC1C(O)C(O)C(O)C(O)C1O. The van der Waals surface area contributed by atoms with Gasteiger partial charge in [0, 0.05) is 12.8 Å². The maximum atomic E-state index is 12.9. The number of aliphatic hydroxyl groups excluding tert-OH is 5. The highest BCUT2D eigenvalue weighted by Gasteiger charge is 2.51. The summed E-state index contributed by atoms with van der Waals surface area (Å²) in [5.41, 5.74) is 0. The van der Waals surface area contributed by atoms with Crippen LogP contribution in [0.1, 0.15) is 226 Å². The summed E-state index contributed by atoms with van der Waals surface area (Å²) in [6, 6.07) is 0. The first-order valence-corrected chi connectivity index (χ1v) is 29.1. The predicted octanol–water partition coefficient (Wildman–Crippen LogP) is 12.5. The first-order chi connectivity index (χ1) is 33.9. The van der Waals surface area contributed by atoms with Gasteiger partial charge in [0.15, 0.2) is 6.10 Å². The maximum Gasteiger partial charge on any atom is 0.472 e. The van der Waals surface area contributed by atoms with Crippen LogP contribution in [-0.2, 0) is 32.7 Å². The molecule has 1 aliphatic rings. The zero-order valence-corrected chi connectivity index (χ0v) is 44.4. The van der Waals surface area contributed by atoms with Gasteiger partial charge in [-0.2, -0.15) is 0 Å². The minimum atomic E-state index is -5.14. The van der Waals surface area contributed by atoms with E-state index in [9.17, 15) is 44.6 Å². The first kappa shape index (κ1) is 65.6. The molecule has 1 rings (SSSR count). The van der Waals surface area contributed by atoms with Gasteiger partial charge in [-0.05, 0) is 51.4 Å². The molecule has 13 nitrogen and oxygen atoms in total. The van der Waals surface area contributed by atoms with E-state index in [0.717, 1.165) is 51.4 Å². The van der Waals surface area contributed by atoms with E-state index in [1.807, 2.05) is 12.2 Å². The van der Waals surface area contributed by atoms with Crippen LogP contribution in [0.15, 0.2) is 60.8 Å². The number of carbonyl (C=O) groups is 2. The average molecular weight is 1010 g/mol. The van der Waals surface area contributed by atoms with Crippen LogP contribution in [0.5, 0.6) is 0 Å². The number of carbonyl (C=O) groups excluding carboxylic acids is 2. The molecule has 1 aliphatic carbocycles. The molecule has 0 aromatic carbocycles. The molecule has 1 saturated carbocycles. The molecule has 0 heterocycles. The summed E-state index contributed by atoms with van der Waals surface area (Å²) < 4.78 is 33.6. The average Bonchev–Trinajstić information content (AvgIpc) is 3.34. The molecule has 0 radical (unpaired) electrons. The van der Waals surface area contributed by atoms with Crippen molar-refractivity contribution in [1.29, 1.82) is 0 Å². The summed E-state index contributed by atoms with van der Waals surface area (Å²) in [4.78, 5) is 35.9. The Bertz CT molecular complexity index is 1450. The minimum Gasteiger partial charge on any atom is -0.462 e. The van der Waals surface area contributed by atoms with Gasteiger partial charge in [-0.1, -0.05) is 222 Å². The fourth-order valence-electron chi connectivity index (χ4n) is 8.27. The largest absolute Gasteiger partial charge is 0.472 e. The summed E-state index contributed by atoms with van der Waals surface area (Å²) in [6.45, 7) is 3.18. The van der Waals surface area contributed by atoms with E-state index in [0.29, 0.717) is 19.3 Å². The summed E-state index contributed by atoms with van der Waals surface area (Å²) in [7, 11) is -5.14. The Hall–Kier alpha value is -2.45. The highest BCUT2D eigenvalue weighted by molar-refractivity contribution is 7.47. The van der Waals surface area contributed by atoms with Crippen LogP contribution < -0.4 is 0 Å². The summed E-state index contributed by atoms with van der Waals surface area (Å²) in [5.74, 6) is -1.16. The van der Waals surface area contributed by atoms with Crippen LogP contribution in [0, 0.1) is 0 Å². The lowest BCUT2D eigenvalue weighted by atomic mass is 9.85. The monoisotopic (exact) mass is 1010 g/mol. The minimum absolute atomic E-state index is 0.0180. The molecule has 70 heavy (non-hydrogen) atoms. The summed E-state index contributed by atoms with van der Waals surface area (Å²) >= 11 is 0. The number of hydrogen-bond acceptors (Lipinski definition) is 12. The number of aliphatic hydroxyl groups is 5. The van der Waals surface area contributed by atoms with Gasteiger partial charge >= 0.3 is 19.8 Å². The Morgan fingerprint density at radius 3 is 1.23 bits per heavy atom. The third-order valence-electron chi connectivity index (χ3n) is 12.6. The quantitative estimate of drug-likeness (QED) is 0.0145. The van der Waals surface area contributed by atoms with Crippen LogP contribution >= 0.6 is 7.82 Å². The van der Waals surface area contributed by atoms with Gasteiger partial charge < -0.3 is 39.9 Å². The molecule has 1 fully saturated rings. The Morgan fingerprint density at radius 2 is 0.814 bits per heavy atom. The molecule has 0 aliphatic heterocycles. The zero-order chi connectivity index (χ0) is 51.3. The van der Waals surface area contributed by atoms with Crippen molar-refractivity contribution in [3.8, 4) is 0 Å². The molecular formula is C56H99O13P. The molecule has 0 aromatic heterocycles. The van der Waals surface area contributed by atoms with Gasteiger partial charge in [0.05, 0.1) is 6.61 Å². The van der Waals surface area contributed by atoms with Gasteiger partial charge in [-0.15, -0.1) is 0 Å². The topological polar surface area (TPSA) is 210 Å². The molecule has 6 unspecified atom stereocenters. The molecule has 6 atom stereocenters. The lowest BCUT2D eigenvalue weighted by Crippen LogP contribution is -2.64. The molecule has 0 aromatic rings. The molecule has 0 saturated heterocycles. The Morgan fingerprint density at radius 1 is 0.457 bits per heavy atom. The highest BCUT2D eigenvalue weighted by Crippen LogP contribution is 2.47. The van der Waals surface area contributed by atoms with Gasteiger partial charge in [-0.3, -0.25) is 18.6 Å². The Balaban J connectivity index is 2.36. The smallest absolute Gasteiger partial charge is 0.462 e. The number of unbranched alkanes of at least 4 members (excludes halogenated alkanes) is 24. The van der Waals surface area contributed by atoms with Crippen LogP contribution in [0.3, 0.4) is 0 Å². The van der Waals surface area contributed by atoms with Crippen molar-refractivity contribution in [2.75, 3.05) is 13.2 Å². The van der Waals surface area contributed by atoms with Crippen LogP contribution in [0.25, 0.3) is 0 Å². The molecular weight excluding hydrogens is 912 g/mol. The summed E-state index contributed by atoms with van der Waals surface area (Å²) in [5, 5.41) is 50.3. The number of ether oxygens (including phenoxy) is 2. The standard InChI is InChI=1S/C56H99O13P/c1-3-5-7-9-11-13-15-17-19-21-22-23-24-25-26-27-29-30-32-34-36-38-40-42-44-49(57)66-46-48(47-67-70(64,65)69-56-54(62)52(60)51(59)53(61)55(56)63)68-50(58)45-43-41-39-37-35-33-31-28-20-18-16-14-12-10-8-6-4-2/h6,8,12,14,18,20,31,33,37,39,48,51-56,59-63H,3-5,7,9-11,13,15-17,19,21-30,32,34-36,38,40-47H2,1-2H3,(H,64,65)/b8-6-,14-12-,20-18-,33-31-,39-37-. The molecule has 0 bridgehead atoms. The zero-order valence-electron chi connectivity index (χ0n) is 43.6. The summed E-state index contributed by atoms with van der Waals surface area (Å²) in [6.07, 6.45) is 44.3. The van der Waals surface area contributed by atoms with Gasteiger partial charge in [0.25, 0.3) is 0 Å². The van der Waals surface area contributed by atoms with Crippen molar-refractivity contribution in [3.63, 3.8) is 0 Å². The van der Waals surface area contributed by atoms with Crippen LogP contribution in [0.2, 0.25) is 0 Å². The normalized spacial score (nSPS) is 21.2. The molecule has 14 heteroatoms. The number of hydrogen-bond donors (Lipinski definition) is 6. The molecule has 6 N–H and O–H groups in total.